The molecule has 0 radical (unpaired) electrons. The molecule has 1 aromatic carbocycles. The van der Waals surface area contributed by atoms with E-state index in [4.69, 9.17) is 5.73 Å². The molecule has 0 atom stereocenters. The summed E-state index contributed by atoms with van der Waals surface area (Å²) in [4.78, 5) is 12.0. The van der Waals surface area contributed by atoms with E-state index in [-0.39, 0.29) is 22.1 Å². The number of nitrogens with one attached hydrogen (secondary N) is 1. The average molecular weight is 284 g/mol. The third-order valence-electron chi connectivity index (χ3n) is 2.63. The van der Waals surface area contributed by atoms with E-state index < -0.39 is 9.84 Å². The third-order valence-corrected chi connectivity index (χ3v) is 3.72. The second-order valence-electron chi connectivity index (χ2n) is 5.00. The predicted octanol–water partition coefficient (Wildman–Crippen LogP) is 1.45. The zero-order chi connectivity index (χ0) is 14.6. The molecule has 5 nitrogen and oxygen atoms in total. The van der Waals surface area contributed by atoms with Crippen LogP contribution in [0.25, 0.3) is 0 Å². The van der Waals surface area contributed by atoms with Crippen molar-refractivity contribution in [1.82, 2.24) is 5.32 Å². The first-order chi connectivity index (χ1) is 8.70. The first-order valence-electron chi connectivity index (χ1n) is 6.09. The summed E-state index contributed by atoms with van der Waals surface area (Å²) in [6.45, 7) is 4.68. The van der Waals surface area contributed by atoms with Crippen molar-refractivity contribution in [2.75, 3.05) is 18.5 Å². The van der Waals surface area contributed by atoms with Crippen LogP contribution in [0.1, 0.15) is 30.6 Å². The van der Waals surface area contributed by atoms with E-state index in [2.05, 4.69) is 19.2 Å². The summed E-state index contributed by atoms with van der Waals surface area (Å²) in [5.41, 5.74) is 6.16. The molecule has 0 saturated heterocycles. The minimum absolute atomic E-state index is 0.0570. The second-order valence-corrected chi connectivity index (χ2v) is 7.02. The van der Waals surface area contributed by atoms with Gasteiger partial charge in [-0.2, -0.15) is 0 Å². The molecule has 0 bridgehead atoms. The van der Waals surface area contributed by atoms with Gasteiger partial charge in [0.05, 0.1) is 4.90 Å². The fourth-order valence-corrected chi connectivity index (χ4v) is 2.23. The molecular weight excluding hydrogens is 264 g/mol. The van der Waals surface area contributed by atoms with E-state index in [1.807, 2.05) is 0 Å². The smallest absolute Gasteiger partial charge is 0.251 e. The monoisotopic (exact) mass is 284 g/mol. The average Bonchev–Trinajstić information content (AvgIpc) is 2.26. The summed E-state index contributed by atoms with van der Waals surface area (Å²) in [5.74, 6) is 0.186. The molecular formula is C13H20N2O3S. The van der Waals surface area contributed by atoms with Crippen LogP contribution in [0, 0.1) is 5.92 Å². The van der Waals surface area contributed by atoms with Gasteiger partial charge in [-0.1, -0.05) is 13.8 Å². The number of carbonyl (C=O) groups is 1. The zero-order valence-electron chi connectivity index (χ0n) is 11.4. The number of hydrogen-bond acceptors (Lipinski definition) is 4. The van der Waals surface area contributed by atoms with Crippen LogP contribution in [0.4, 0.5) is 5.69 Å². The first kappa shape index (κ1) is 15.5. The van der Waals surface area contributed by atoms with E-state index in [0.717, 1.165) is 12.7 Å². The molecule has 0 fully saturated rings. The normalized spacial score (nSPS) is 11.6. The molecule has 0 spiro atoms. The predicted molar refractivity (Wildman–Crippen MR) is 75.8 cm³/mol. The van der Waals surface area contributed by atoms with Crippen molar-refractivity contribution in [2.24, 2.45) is 5.92 Å². The lowest BCUT2D eigenvalue weighted by molar-refractivity contribution is 0.0952. The molecule has 19 heavy (non-hydrogen) atoms. The Labute approximate surface area is 114 Å². The van der Waals surface area contributed by atoms with Gasteiger partial charge in [0.2, 0.25) is 0 Å². The topological polar surface area (TPSA) is 89.3 Å². The second kappa shape index (κ2) is 6.06. The molecule has 0 aliphatic rings. The number of nitrogens with two attached hydrogens (primary N) is 1. The molecule has 6 heteroatoms. The van der Waals surface area contributed by atoms with Gasteiger partial charge in [0.1, 0.15) is 0 Å². The molecule has 1 aromatic rings. The minimum Gasteiger partial charge on any atom is -0.399 e. The van der Waals surface area contributed by atoms with Crippen LogP contribution in [0.5, 0.6) is 0 Å². The molecule has 1 rings (SSSR count). The molecule has 0 unspecified atom stereocenters. The highest BCUT2D eigenvalue weighted by Gasteiger charge is 2.13. The fraction of sp³-hybridized carbons (Fsp3) is 0.462. The lowest BCUT2D eigenvalue weighted by atomic mass is 10.1. The van der Waals surface area contributed by atoms with Gasteiger partial charge in [0.25, 0.3) is 5.91 Å². The quantitative estimate of drug-likeness (QED) is 0.801. The standard InChI is InChI=1S/C13H20N2O3S/c1-9(2)4-5-15-13(16)10-6-11(14)8-12(7-10)19(3,17)18/h6-9H,4-5,14H2,1-3H3,(H,15,16). The van der Waals surface area contributed by atoms with Crippen molar-refractivity contribution in [3.05, 3.63) is 23.8 Å². The Morgan fingerprint density at radius 2 is 1.95 bits per heavy atom. The number of anilines is 1. The summed E-state index contributed by atoms with van der Waals surface area (Å²) in [7, 11) is -3.38. The molecule has 0 aliphatic heterocycles. The van der Waals surface area contributed by atoms with Crippen molar-refractivity contribution < 1.29 is 13.2 Å². The van der Waals surface area contributed by atoms with E-state index in [1.54, 1.807) is 0 Å². The molecule has 1 amide bonds. The summed E-state index contributed by atoms with van der Waals surface area (Å²) < 4.78 is 23.0. The molecule has 0 heterocycles. The summed E-state index contributed by atoms with van der Waals surface area (Å²) >= 11 is 0. The SMILES string of the molecule is CC(C)CCNC(=O)c1cc(N)cc(S(C)(=O)=O)c1. The fourth-order valence-electron chi connectivity index (χ4n) is 1.54. The maximum atomic E-state index is 11.9. The number of sulfone groups is 1. The van der Waals surface area contributed by atoms with Crippen LogP contribution in [0.3, 0.4) is 0 Å². The van der Waals surface area contributed by atoms with Gasteiger partial charge in [-0.15, -0.1) is 0 Å². The Kier molecular flexibility index (Phi) is 4.94. The maximum absolute atomic E-state index is 11.9. The van der Waals surface area contributed by atoms with Crippen molar-refractivity contribution >= 4 is 21.4 Å². The van der Waals surface area contributed by atoms with Crippen LogP contribution in [-0.2, 0) is 9.84 Å². The molecule has 106 valence electrons. The van der Waals surface area contributed by atoms with Gasteiger partial charge < -0.3 is 11.1 Å². The van der Waals surface area contributed by atoms with Crippen molar-refractivity contribution in [2.45, 2.75) is 25.2 Å². The molecule has 0 aromatic heterocycles. The van der Waals surface area contributed by atoms with E-state index in [0.29, 0.717) is 12.5 Å². The van der Waals surface area contributed by atoms with Gasteiger partial charge in [-0.3, -0.25) is 4.79 Å². The van der Waals surface area contributed by atoms with E-state index in [9.17, 15) is 13.2 Å². The highest BCUT2D eigenvalue weighted by molar-refractivity contribution is 7.90. The van der Waals surface area contributed by atoms with Crippen molar-refractivity contribution in [3.8, 4) is 0 Å². The number of nitrogen functional groups attached to an aromatic ring is 1. The van der Waals surface area contributed by atoms with Crippen molar-refractivity contribution in [3.63, 3.8) is 0 Å². The summed E-state index contributed by atoms with van der Waals surface area (Å²) in [6, 6.07) is 4.16. The number of benzene rings is 1. The van der Waals surface area contributed by atoms with Crippen LogP contribution in [0.2, 0.25) is 0 Å². The summed E-state index contributed by atoms with van der Waals surface area (Å²) in [6.07, 6.45) is 1.95. The molecule has 0 saturated carbocycles. The first-order valence-corrected chi connectivity index (χ1v) is 7.98. The Hall–Kier alpha value is -1.56. The number of amides is 1. The zero-order valence-corrected chi connectivity index (χ0v) is 12.3. The number of rotatable bonds is 5. The Morgan fingerprint density at radius 3 is 2.47 bits per heavy atom. The van der Waals surface area contributed by atoms with Gasteiger partial charge in [-0.05, 0) is 30.5 Å². The lowest BCUT2D eigenvalue weighted by Crippen LogP contribution is -2.25. The number of hydrogen-bond donors (Lipinski definition) is 2. The Morgan fingerprint density at radius 1 is 1.32 bits per heavy atom. The van der Waals surface area contributed by atoms with Gasteiger partial charge in [-0.25, -0.2) is 8.42 Å². The largest absolute Gasteiger partial charge is 0.399 e. The molecule has 0 aliphatic carbocycles. The Balaban J connectivity index is 2.89. The Bertz CT molecular complexity index is 565. The maximum Gasteiger partial charge on any atom is 0.251 e. The van der Waals surface area contributed by atoms with E-state index >= 15 is 0 Å². The lowest BCUT2D eigenvalue weighted by Gasteiger charge is -2.09. The van der Waals surface area contributed by atoms with Crippen LogP contribution in [0.15, 0.2) is 23.1 Å². The van der Waals surface area contributed by atoms with Crippen LogP contribution >= 0.6 is 0 Å². The van der Waals surface area contributed by atoms with Crippen LogP contribution < -0.4 is 11.1 Å². The molecule has 3 N–H and O–H groups in total. The van der Waals surface area contributed by atoms with Gasteiger partial charge in [0, 0.05) is 24.1 Å². The van der Waals surface area contributed by atoms with E-state index in [1.165, 1.54) is 18.2 Å². The highest BCUT2D eigenvalue weighted by atomic mass is 32.2. The van der Waals surface area contributed by atoms with Crippen molar-refractivity contribution in [1.29, 1.82) is 0 Å². The number of carbonyl (C=O) groups excluding carboxylic acids is 1. The summed E-state index contributed by atoms with van der Waals surface area (Å²) in [5, 5.41) is 2.75. The van der Waals surface area contributed by atoms with Crippen LogP contribution in [-0.4, -0.2) is 27.1 Å². The highest BCUT2D eigenvalue weighted by Crippen LogP contribution is 2.16. The third kappa shape index (κ3) is 4.90. The van der Waals surface area contributed by atoms with Gasteiger partial charge >= 0.3 is 0 Å². The van der Waals surface area contributed by atoms with Gasteiger partial charge in [0.15, 0.2) is 9.84 Å². The minimum atomic E-state index is -3.38.